The van der Waals surface area contributed by atoms with Gasteiger partial charge in [0.25, 0.3) is 0 Å². The molecule has 1 aromatic carbocycles. The molecule has 21 heavy (non-hydrogen) atoms. The standard InChI is InChI=1S/C15H18N6/c1-9-5-10(2)7-11(6-9)21(4)14-12-13(18-8-17-12)19-15(16-3)20-14/h5-8H,1-4H3,(H2,16,17,18,19,20). The molecule has 0 aliphatic heterocycles. The molecule has 2 N–H and O–H groups in total. The van der Waals surface area contributed by atoms with Crippen LogP contribution in [-0.2, 0) is 0 Å². The molecule has 2 aromatic heterocycles. The molecule has 3 rings (SSSR count). The lowest BCUT2D eigenvalue weighted by Crippen LogP contribution is -2.14. The Hall–Kier alpha value is -2.63. The summed E-state index contributed by atoms with van der Waals surface area (Å²) in [6.07, 6.45) is 1.64. The normalized spacial score (nSPS) is 10.9. The number of fused-ring (bicyclic) bond motifs is 1. The van der Waals surface area contributed by atoms with Gasteiger partial charge in [0, 0.05) is 19.8 Å². The van der Waals surface area contributed by atoms with Crippen LogP contribution in [0.5, 0.6) is 0 Å². The number of aromatic nitrogens is 4. The van der Waals surface area contributed by atoms with E-state index in [4.69, 9.17) is 0 Å². The summed E-state index contributed by atoms with van der Waals surface area (Å²) >= 11 is 0. The van der Waals surface area contributed by atoms with E-state index in [-0.39, 0.29) is 0 Å². The van der Waals surface area contributed by atoms with Gasteiger partial charge in [0.05, 0.1) is 6.33 Å². The number of hydrogen-bond acceptors (Lipinski definition) is 5. The van der Waals surface area contributed by atoms with Gasteiger partial charge in [-0.25, -0.2) is 4.98 Å². The van der Waals surface area contributed by atoms with Crippen LogP contribution >= 0.6 is 0 Å². The van der Waals surface area contributed by atoms with Gasteiger partial charge in [-0.15, -0.1) is 0 Å². The third-order valence-electron chi connectivity index (χ3n) is 3.40. The minimum absolute atomic E-state index is 0.556. The second-order valence-corrected chi connectivity index (χ2v) is 5.13. The highest BCUT2D eigenvalue weighted by atomic mass is 15.2. The number of anilines is 3. The first-order chi connectivity index (χ1) is 10.1. The van der Waals surface area contributed by atoms with Gasteiger partial charge in [-0.2, -0.15) is 9.97 Å². The van der Waals surface area contributed by atoms with Crippen LogP contribution in [-0.4, -0.2) is 34.0 Å². The topological polar surface area (TPSA) is 69.7 Å². The molecule has 0 radical (unpaired) electrons. The maximum absolute atomic E-state index is 4.56. The summed E-state index contributed by atoms with van der Waals surface area (Å²) in [5, 5.41) is 2.98. The molecule has 0 atom stereocenters. The minimum atomic E-state index is 0.556. The molecule has 108 valence electrons. The third kappa shape index (κ3) is 2.40. The Morgan fingerprint density at radius 3 is 2.48 bits per heavy atom. The highest BCUT2D eigenvalue weighted by Crippen LogP contribution is 2.29. The van der Waals surface area contributed by atoms with Crippen LogP contribution in [0.25, 0.3) is 11.2 Å². The summed E-state index contributed by atoms with van der Waals surface area (Å²) < 4.78 is 0. The molecule has 0 unspecified atom stereocenters. The Labute approximate surface area is 123 Å². The molecule has 0 saturated heterocycles. The Balaban J connectivity index is 2.16. The molecular formula is C15H18N6. The van der Waals surface area contributed by atoms with Gasteiger partial charge in [0.15, 0.2) is 11.5 Å². The van der Waals surface area contributed by atoms with Crippen LogP contribution in [0.15, 0.2) is 24.5 Å². The average Bonchev–Trinajstić information content (AvgIpc) is 2.92. The molecular weight excluding hydrogens is 264 g/mol. The van der Waals surface area contributed by atoms with Crippen molar-refractivity contribution in [3.63, 3.8) is 0 Å². The number of rotatable bonds is 3. The fraction of sp³-hybridized carbons (Fsp3) is 0.267. The predicted molar refractivity (Wildman–Crippen MR) is 85.2 cm³/mol. The van der Waals surface area contributed by atoms with Crippen molar-refractivity contribution in [3.05, 3.63) is 35.7 Å². The molecule has 0 fully saturated rings. The number of aromatic amines is 1. The lowest BCUT2D eigenvalue weighted by atomic mass is 10.1. The van der Waals surface area contributed by atoms with E-state index in [0.717, 1.165) is 17.0 Å². The number of nitrogens with one attached hydrogen (secondary N) is 2. The Bertz CT molecular complexity index is 772. The van der Waals surface area contributed by atoms with Crippen molar-refractivity contribution in [1.29, 1.82) is 0 Å². The molecule has 0 aliphatic carbocycles. The minimum Gasteiger partial charge on any atom is -0.357 e. The van der Waals surface area contributed by atoms with Crippen LogP contribution in [0.3, 0.4) is 0 Å². The van der Waals surface area contributed by atoms with Gasteiger partial charge in [-0.1, -0.05) is 6.07 Å². The van der Waals surface area contributed by atoms with E-state index in [9.17, 15) is 0 Å². The zero-order valence-corrected chi connectivity index (χ0v) is 12.6. The van der Waals surface area contributed by atoms with Crippen LogP contribution < -0.4 is 10.2 Å². The van der Waals surface area contributed by atoms with E-state index in [2.05, 4.69) is 57.3 Å². The lowest BCUT2D eigenvalue weighted by Gasteiger charge is -2.20. The summed E-state index contributed by atoms with van der Waals surface area (Å²) in [4.78, 5) is 18.3. The van der Waals surface area contributed by atoms with Crippen LogP contribution in [0.4, 0.5) is 17.5 Å². The van der Waals surface area contributed by atoms with Crippen molar-refractivity contribution in [1.82, 2.24) is 19.9 Å². The molecule has 6 nitrogen and oxygen atoms in total. The quantitative estimate of drug-likeness (QED) is 0.773. The van der Waals surface area contributed by atoms with E-state index < -0.39 is 0 Å². The van der Waals surface area contributed by atoms with Crippen molar-refractivity contribution in [2.75, 3.05) is 24.3 Å². The van der Waals surface area contributed by atoms with Crippen molar-refractivity contribution in [2.45, 2.75) is 13.8 Å². The fourth-order valence-corrected chi connectivity index (χ4v) is 2.44. The van der Waals surface area contributed by atoms with Gasteiger partial charge < -0.3 is 15.2 Å². The van der Waals surface area contributed by atoms with Crippen molar-refractivity contribution < 1.29 is 0 Å². The first kappa shape index (κ1) is 13.4. The Morgan fingerprint density at radius 2 is 1.81 bits per heavy atom. The molecule has 0 amide bonds. The Kier molecular flexibility index (Phi) is 3.21. The van der Waals surface area contributed by atoms with Crippen LogP contribution in [0, 0.1) is 13.8 Å². The second kappa shape index (κ2) is 5.05. The summed E-state index contributed by atoms with van der Waals surface area (Å²) in [7, 11) is 3.80. The average molecular weight is 282 g/mol. The second-order valence-electron chi connectivity index (χ2n) is 5.13. The first-order valence-electron chi connectivity index (χ1n) is 6.79. The number of hydrogen-bond donors (Lipinski definition) is 2. The summed E-state index contributed by atoms with van der Waals surface area (Å²) in [6, 6.07) is 6.43. The van der Waals surface area contributed by atoms with E-state index in [1.54, 1.807) is 13.4 Å². The smallest absolute Gasteiger partial charge is 0.226 e. The molecule has 3 aromatic rings. The molecule has 0 saturated carbocycles. The predicted octanol–water partition coefficient (Wildman–Crippen LogP) is 2.78. The molecule has 2 heterocycles. The Morgan fingerprint density at radius 1 is 1.10 bits per heavy atom. The maximum Gasteiger partial charge on any atom is 0.226 e. The zero-order valence-electron chi connectivity index (χ0n) is 12.6. The third-order valence-corrected chi connectivity index (χ3v) is 3.40. The monoisotopic (exact) mass is 282 g/mol. The van der Waals surface area contributed by atoms with Crippen LogP contribution in [0.1, 0.15) is 11.1 Å². The van der Waals surface area contributed by atoms with E-state index in [1.165, 1.54) is 11.1 Å². The maximum atomic E-state index is 4.56. The largest absolute Gasteiger partial charge is 0.357 e. The number of aryl methyl sites for hydroxylation is 2. The molecule has 0 aliphatic rings. The van der Waals surface area contributed by atoms with Crippen LogP contribution in [0.2, 0.25) is 0 Å². The number of nitrogens with zero attached hydrogens (tertiary/aromatic N) is 4. The van der Waals surface area contributed by atoms with Gasteiger partial charge in [0.1, 0.15) is 5.52 Å². The van der Waals surface area contributed by atoms with Gasteiger partial charge in [-0.3, -0.25) is 0 Å². The van der Waals surface area contributed by atoms with Crippen molar-refractivity contribution in [3.8, 4) is 0 Å². The number of H-pyrrole nitrogens is 1. The van der Waals surface area contributed by atoms with E-state index in [1.807, 2.05) is 11.9 Å². The highest BCUT2D eigenvalue weighted by molar-refractivity contribution is 5.87. The summed E-state index contributed by atoms with van der Waals surface area (Å²) in [5.41, 5.74) is 5.02. The van der Waals surface area contributed by atoms with Gasteiger partial charge >= 0.3 is 0 Å². The molecule has 0 bridgehead atoms. The summed E-state index contributed by atoms with van der Waals surface area (Å²) in [6.45, 7) is 4.18. The molecule has 6 heteroatoms. The SMILES string of the molecule is CNc1nc(N(C)c2cc(C)cc(C)c2)c2[nH]cnc2n1. The van der Waals surface area contributed by atoms with E-state index >= 15 is 0 Å². The van der Waals surface area contributed by atoms with Gasteiger partial charge in [0.2, 0.25) is 5.95 Å². The lowest BCUT2D eigenvalue weighted by molar-refractivity contribution is 1.09. The van der Waals surface area contributed by atoms with Crippen molar-refractivity contribution in [2.24, 2.45) is 0 Å². The number of benzene rings is 1. The van der Waals surface area contributed by atoms with Crippen molar-refractivity contribution >= 4 is 28.6 Å². The van der Waals surface area contributed by atoms with E-state index in [0.29, 0.717) is 11.6 Å². The molecule has 0 spiro atoms. The first-order valence-corrected chi connectivity index (χ1v) is 6.79. The zero-order chi connectivity index (χ0) is 15.0. The summed E-state index contributed by atoms with van der Waals surface area (Å²) in [5.74, 6) is 1.35. The number of imidazole rings is 1. The van der Waals surface area contributed by atoms with Gasteiger partial charge in [-0.05, 0) is 37.1 Å². The fourth-order valence-electron chi connectivity index (χ4n) is 2.44. The highest BCUT2D eigenvalue weighted by Gasteiger charge is 2.15.